The molecule has 18 heavy (non-hydrogen) atoms. The molecule has 0 amide bonds. The van der Waals surface area contributed by atoms with Crippen LogP contribution in [-0.2, 0) is 10.2 Å². The molecule has 2 unspecified atom stereocenters. The van der Waals surface area contributed by atoms with Gasteiger partial charge in [0.15, 0.2) is 0 Å². The van der Waals surface area contributed by atoms with Crippen LogP contribution in [-0.4, -0.2) is 18.8 Å². The summed E-state index contributed by atoms with van der Waals surface area (Å²) in [6.07, 6.45) is 6.11. The molecule has 0 radical (unpaired) electrons. The van der Waals surface area contributed by atoms with E-state index in [0.29, 0.717) is 0 Å². The van der Waals surface area contributed by atoms with Gasteiger partial charge in [0.25, 0.3) is 0 Å². The smallest absolute Gasteiger partial charge is 0.0735 e. The van der Waals surface area contributed by atoms with Crippen molar-refractivity contribution < 1.29 is 4.74 Å². The van der Waals surface area contributed by atoms with Crippen LogP contribution in [0.3, 0.4) is 0 Å². The average Bonchev–Trinajstić information content (AvgIpc) is 2.83. The summed E-state index contributed by atoms with van der Waals surface area (Å²) in [5, 5.41) is 0.791. The average molecular weight is 266 g/mol. The van der Waals surface area contributed by atoms with Crippen molar-refractivity contribution >= 4 is 11.6 Å². The van der Waals surface area contributed by atoms with Crippen molar-refractivity contribution in [3.63, 3.8) is 0 Å². The lowest BCUT2D eigenvalue weighted by Crippen LogP contribution is -2.56. The van der Waals surface area contributed by atoms with Crippen molar-refractivity contribution in [1.82, 2.24) is 0 Å². The van der Waals surface area contributed by atoms with Gasteiger partial charge in [-0.25, -0.2) is 0 Å². The molecule has 3 heteroatoms. The minimum atomic E-state index is 0.120. The number of rotatable bonds is 3. The Morgan fingerprint density at radius 2 is 1.94 bits per heavy atom. The Balaban J connectivity index is 1.86. The maximum Gasteiger partial charge on any atom is 0.0735 e. The van der Waals surface area contributed by atoms with E-state index in [1.807, 2.05) is 12.1 Å². The van der Waals surface area contributed by atoms with Gasteiger partial charge in [0, 0.05) is 23.1 Å². The first-order valence-corrected chi connectivity index (χ1v) is 7.23. The molecular formula is C15H20ClNO. The number of hydrogen-bond acceptors (Lipinski definition) is 2. The van der Waals surface area contributed by atoms with Gasteiger partial charge in [-0.1, -0.05) is 30.2 Å². The summed E-state index contributed by atoms with van der Waals surface area (Å²) >= 11 is 5.97. The van der Waals surface area contributed by atoms with Crippen LogP contribution in [0.4, 0.5) is 0 Å². The summed E-state index contributed by atoms with van der Waals surface area (Å²) in [7, 11) is 0. The molecule has 2 aliphatic rings. The van der Waals surface area contributed by atoms with E-state index in [1.165, 1.54) is 24.8 Å². The van der Waals surface area contributed by atoms with E-state index in [1.54, 1.807) is 0 Å². The first-order chi connectivity index (χ1) is 8.72. The highest BCUT2D eigenvalue weighted by atomic mass is 35.5. The van der Waals surface area contributed by atoms with Gasteiger partial charge in [-0.3, -0.25) is 0 Å². The molecule has 0 bridgehead atoms. The largest absolute Gasteiger partial charge is 0.377 e. The Kier molecular flexibility index (Phi) is 3.35. The minimum absolute atomic E-state index is 0.120. The lowest BCUT2D eigenvalue weighted by atomic mass is 9.59. The summed E-state index contributed by atoms with van der Waals surface area (Å²) < 4.78 is 5.79. The first-order valence-electron chi connectivity index (χ1n) is 6.86. The fraction of sp³-hybridized carbons (Fsp3) is 0.600. The van der Waals surface area contributed by atoms with Crippen molar-refractivity contribution in [2.45, 2.75) is 49.7 Å². The number of ether oxygens (including phenoxy) is 1. The molecule has 1 saturated heterocycles. The molecule has 0 spiro atoms. The molecule has 2 N–H and O–H groups in total. The molecule has 2 fully saturated rings. The van der Waals surface area contributed by atoms with E-state index in [-0.39, 0.29) is 17.6 Å². The van der Waals surface area contributed by atoms with Crippen molar-refractivity contribution in [2.24, 2.45) is 5.73 Å². The Morgan fingerprint density at radius 3 is 2.44 bits per heavy atom. The Hall–Kier alpha value is -0.570. The summed E-state index contributed by atoms with van der Waals surface area (Å²) in [6.45, 7) is 0.870. The summed E-state index contributed by atoms with van der Waals surface area (Å²) in [6, 6.07) is 8.33. The molecule has 2 atom stereocenters. The Morgan fingerprint density at radius 1 is 1.22 bits per heavy atom. The molecule has 1 aliphatic carbocycles. The Labute approximate surface area is 113 Å². The van der Waals surface area contributed by atoms with E-state index in [2.05, 4.69) is 12.1 Å². The third-order valence-electron chi connectivity index (χ3n) is 4.67. The highest BCUT2D eigenvalue weighted by Gasteiger charge is 2.47. The van der Waals surface area contributed by atoms with Crippen molar-refractivity contribution in [2.75, 3.05) is 6.61 Å². The molecule has 98 valence electrons. The minimum Gasteiger partial charge on any atom is -0.377 e. The fourth-order valence-corrected chi connectivity index (χ4v) is 3.52. The quantitative estimate of drug-likeness (QED) is 0.910. The SMILES string of the molecule is NC(C1CCCO1)C1(c2ccc(Cl)cc2)CCC1. The van der Waals surface area contributed by atoms with Gasteiger partial charge in [0.05, 0.1) is 6.10 Å². The maximum absolute atomic E-state index is 6.53. The molecule has 1 aromatic rings. The molecule has 1 aliphatic heterocycles. The maximum atomic E-state index is 6.53. The summed E-state index contributed by atoms with van der Waals surface area (Å²) in [4.78, 5) is 0. The summed E-state index contributed by atoms with van der Waals surface area (Å²) in [5.74, 6) is 0. The first kappa shape index (κ1) is 12.5. The number of nitrogens with two attached hydrogens (primary N) is 1. The molecule has 0 aromatic heterocycles. The zero-order valence-corrected chi connectivity index (χ0v) is 11.3. The highest BCUT2D eigenvalue weighted by Crippen LogP contribution is 2.48. The van der Waals surface area contributed by atoms with E-state index in [9.17, 15) is 0 Å². The van der Waals surface area contributed by atoms with E-state index < -0.39 is 0 Å². The normalized spacial score (nSPS) is 27.8. The second-order valence-electron chi connectivity index (χ2n) is 5.59. The molecular weight excluding hydrogens is 246 g/mol. The third kappa shape index (κ3) is 1.97. The number of hydrogen-bond donors (Lipinski definition) is 1. The standard InChI is InChI=1S/C15H20ClNO/c16-12-6-4-11(5-7-12)15(8-2-9-15)14(17)13-3-1-10-18-13/h4-7,13-14H,1-3,8-10,17H2. The van der Waals surface area contributed by atoms with Gasteiger partial charge in [-0.05, 0) is 43.4 Å². The van der Waals surface area contributed by atoms with Crippen LogP contribution in [0, 0.1) is 0 Å². The second kappa shape index (κ2) is 4.84. The van der Waals surface area contributed by atoms with Crippen LogP contribution in [0.2, 0.25) is 5.02 Å². The molecule has 2 nitrogen and oxygen atoms in total. The van der Waals surface area contributed by atoms with Gasteiger partial charge in [-0.15, -0.1) is 0 Å². The van der Waals surface area contributed by atoms with Crippen LogP contribution in [0.25, 0.3) is 0 Å². The number of benzene rings is 1. The van der Waals surface area contributed by atoms with Gasteiger partial charge < -0.3 is 10.5 Å². The molecule has 1 aromatic carbocycles. The van der Waals surface area contributed by atoms with Crippen molar-refractivity contribution in [3.05, 3.63) is 34.9 Å². The molecule has 1 saturated carbocycles. The lowest BCUT2D eigenvalue weighted by Gasteiger charge is -2.48. The van der Waals surface area contributed by atoms with Gasteiger partial charge in [-0.2, -0.15) is 0 Å². The van der Waals surface area contributed by atoms with Crippen LogP contribution in [0.1, 0.15) is 37.7 Å². The van der Waals surface area contributed by atoms with Crippen molar-refractivity contribution in [3.8, 4) is 0 Å². The molecule has 3 rings (SSSR count). The van der Waals surface area contributed by atoms with Crippen LogP contribution < -0.4 is 5.73 Å². The third-order valence-corrected chi connectivity index (χ3v) is 4.92. The topological polar surface area (TPSA) is 35.2 Å². The zero-order chi connectivity index (χ0) is 12.6. The van der Waals surface area contributed by atoms with Gasteiger partial charge in [0.1, 0.15) is 0 Å². The van der Waals surface area contributed by atoms with Crippen LogP contribution in [0.15, 0.2) is 24.3 Å². The highest BCUT2D eigenvalue weighted by molar-refractivity contribution is 6.30. The van der Waals surface area contributed by atoms with Crippen LogP contribution in [0.5, 0.6) is 0 Å². The monoisotopic (exact) mass is 265 g/mol. The predicted molar refractivity (Wildman–Crippen MR) is 73.9 cm³/mol. The zero-order valence-electron chi connectivity index (χ0n) is 10.6. The van der Waals surface area contributed by atoms with Gasteiger partial charge in [0.2, 0.25) is 0 Å². The number of halogens is 1. The predicted octanol–water partition coefficient (Wildman–Crippen LogP) is 3.27. The van der Waals surface area contributed by atoms with E-state index in [0.717, 1.165) is 24.5 Å². The van der Waals surface area contributed by atoms with Gasteiger partial charge >= 0.3 is 0 Å². The van der Waals surface area contributed by atoms with Crippen molar-refractivity contribution in [1.29, 1.82) is 0 Å². The Bertz CT molecular complexity index is 407. The van der Waals surface area contributed by atoms with E-state index in [4.69, 9.17) is 22.1 Å². The summed E-state index contributed by atoms with van der Waals surface area (Å²) in [5.41, 5.74) is 7.99. The second-order valence-corrected chi connectivity index (χ2v) is 6.03. The van der Waals surface area contributed by atoms with Crippen LogP contribution >= 0.6 is 11.6 Å². The fourth-order valence-electron chi connectivity index (χ4n) is 3.40. The molecule has 1 heterocycles. The lowest BCUT2D eigenvalue weighted by molar-refractivity contribution is 0.0385. The van der Waals surface area contributed by atoms with E-state index >= 15 is 0 Å².